The van der Waals surface area contributed by atoms with E-state index >= 15 is 0 Å². The number of hydrogen-bond acceptors (Lipinski definition) is 7. The summed E-state index contributed by atoms with van der Waals surface area (Å²) in [6.45, 7) is 3.45. The molecule has 0 saturated carbocycles. The molecule has 2 rings (SSSR count). The van der Waals surface area contributed by atoms with Crippen LogP contribution in [0.25, 0.3) is 0 Å². The maximum absolute atomic E-state index is 11.8. The highest BCUT2D eigenvalue weighted by atomic mass is 16.6. The summed E-state index contributed by atoms with van der Waals surface area (Å²) in [5.74, 6) is -1.87. The Morgan fingerprint density at radius 3 is 2.78 bits per heavy atom. The Labute approximate surface area is 131 Å². The van der Waals surface area contributed by atoms with Gasteiger partial charge in [0.25, 0.3) is 5.69 Å². The number of nitro groups is 1. The van der Waals surface area contributed by atoms with Crippen LogP contribution < -0.4 is 5.01 Å². The Hall–Kier alpha value is -2.97. The minimum atomic E-state index is -1.18. The van der Waals surface area contributed by atoms with Gasteiger partial charge < -0.3 is 9.84 Å². The third kappa shape index (κ3) is 3.28. The zero-order valence-electron chi connectivity index (χ0n) is 12.6. The Balaban J connectivity index is 2.45. The van der Waals surface area contributed by atoms with Crippen molar-refractivity contribution in [2.24, 2.45) is 5.10 Å². The van der Waals surface area contributed by atoms with Crippen molar-refractivity contribution in [3.63, 3.8) is 0 Å². The molecule has 0 saturated heterocycles. The highest BCUT2D eigenvalue weighted by Crippen LogP contribution is 2.31. The van der Waals surface area contributed by atoms with Gasteiger partial charge in [-0.1, -0.05) is 6.07 Å². The molecule has 1 heterocycles. The van der Waals surface area contributed by atoms with Crippen molar-refractivity contribution in [2.45, 2.75) is 26.3 Å². The quantitative estimate of drug-likeness (QED) is 0.495. The Morgan fingerprint density at radius 1 is 1.52 bits per heavy atom. The molecule has 122 valence electrons. The van der Waals surface area contributed by atoms with E-state index < -0.39 is 22.9 Å². The number of carboxylic acid groups (broad SMARTS) is 1. The van der Waals surface area contributed by atoms with E-state index in [1.807, 2.05) is 0 Å². The van der Waals surface area contributed by atoms with Crippen LogP contribution in [0.15, 0.2) is 23.3 Å². The highest BCUT2D eigenvalue weighted by molar-refractivity contribution is 6.38. The molecule has 0 bridgehead atoms. The number of nitrogens with zero attached hydrogens (tertiary/aromatic N) is 3. The van der Waals surface area contributed by atoms with E-state index in [2.05, 4.69) is 5.10 Å². The number of ether oxygens (including phenoxy) is 1. The monoisotopic (exact) mass is 321 g/mol. The van der Waals surface area contributed by atoms with E-state index in [9.17, 15) is 24.8 Å². The van der Waals surface area contributed by atoms with Crippen molar-refractivity contribution in [1.82, 2.24) is 0 Å². The van der Waals surface area contributed by atoms with Gasteiger partial charge in [-0.3, -0.25) is 10.1 Å². The molecule has 1 atom stereocenters. The number of nitro benzene ring substituents is 1. The highest BCUT2D eigenvalue weighted by Gasteiger charge is 2.37. The number of aliphatic carboxylic acids is 1. The van der Waals surface area contributed by atoms with Crippen LogP contribution in [-0.4, -0.2) is 40.3 Å². The number of non-ortho nitro benzene ring substituents is 1. The lowest BCUT2D eigenvalue weighted by Gasteiger charge is -2.21. The third-order valence-corrected chi connectivity index (χ3v) is 3.36. The molecule has 0 aliphatic carbocycles. The molecular formula is C14H15N3O6. The smallest absolute Gasteiger partial charge is 0.354 e. The van der Waals surface area contributed by atoms with Crippen molar-refractivity contribution < 1.29 is 24.4 Å². The molecule has 23 heavy (non-hydrogen) atoms. The Bertz CT molecular complexity index is 700. The van der Waals surface area contributed by atoms with Crippen LogP contribution in [0.4, 0.5) is 11.4 Å². The number of carbonyl (C=O) groups is 2. The van der Waals surface area contributed by atoms with Gasteiger partial charge in [-0.25, -0.2) is 14.6 Å². The molecule has 0 aromatic heterocycles. The van der Waals surface area contributed by atoms with E-state index in [0.29, 0.717) is 5.56 Å². The number of benzene rings is 1. The lowest BCUT2D eigenvalue weighted by atomic mass is 10.1. The molecule has 1 N–H and O–H groups in total. The first-order chi connectivity index (χ1) is 10.8. The van der Waals surface area contributed by atoms with Crippen LogP contribution in [0.2, 0.25) is 0 Å². The molecule has 0 radical (unpaired) electrons. The summed E-state index contributed by atoms with van der Waals surface area (Å²) in [6.07, 6.45) is -0.129. The van der Waals surface area contributed by atoms with Gasteiger partial charge in [-0.15, -0.1) is 0 Å². The van der Waals surface area contributed by atoms with E-state index in [-0.39, 0.29) is 30.1 Å². The normalized spacial score (nSPS) is 16.9. The Kier molecular flexibility index (Phi) is 4.58. The van der Waals surface area contributed by atoms with Crippen LogP contribution >= 0.6 is 0 Å². The molecular weight excluding hydrogens is 306 g/mol. The molecule has 1 unspecified atom stereocenters. The minimum Gasteiger partial charge on any atom is -0.480 e. The summed E-state index contributed by atoms with van der Waals surface area (Å²) >= 11 is 0. The van der Waals surface area contributed by atoms with Crippen LogP contribution in [0.5, 0.6) is 0 Å². The average Bonchev–Trinajstić information content (AvgIpc) is 2.93. The number of anilines is 1. The predicted molar refractivity (Wildman–Crippen MR) is 80.4 cm³/mol. The van der Waals surface area contributed by atoms with Gasteiger partial charge in [0.05, 0.1) is 17.2 Å². The first-order valence-electron chi connectivity index (χ1n) is 6.86. The standard InChI is InChI=1S/C14H15N3O6/c1-3-23-14(20)10-7-12(13(18)19)16(15-10)11-6-9(17(21)22)5-4-8(11)2/h4-6,12H,3,7H2,1-2H3,(H,18,19). The molecule has 1 aromatic carbocycles. The maximum atomic E-state index is 11.8. The summed E-state index contributed by atoms with van der Waals surface area (Å²) in [6, 6.07) is 2.95. The number of hydrogen-bond donors (Lipinski definition) is 1. The van der Waals surface area contributed by atoms with Gasteiger partial charge >= 0.3 is 11.9 Å². The van der Waals surface area contributed by atoms with Crippen LogP contribution in [0.3, 0.4) is 0 Å². The van der Waals surface area contributed by atoms with Gasteiger partial charge in [0.1, 0.15) is 5.71 Å². The van der Waals surface area contributed by atoms with E-state index in [0.717, 1.165) is 5.01 Å². The number of hydrazone groups is 1. The summed E-state index contributed by atoms with van der Waals surface area (Å²) in [5.41, 5.74) is 0.668. The zero-order valence-corrected chi connectivity index (χ0v) is 12.6. The van der Waals surface area contributed by atoms with Gasteiger partial charge in [-0.05, 0) is 19.4 Å². The van der Waals surface area contributed by atoms with Crippen molar-refractivity contribution in [3.05, 3.63) is 33.9 Å². The molecule has 1 aliphatic heterocycles. The molecule has 1 aromatic rings. The van der Waals surface area contributed by atoms with E-state index in [4.69, 9.17) is 4.74 Å². The van der Waals surface area contributed by atoms with Gasteiger partial charge in [0.15, 0.2) is 6.04 Å². The first-order valence-corrected chi connectivity index (χ1v) is 6.86. The zero-order chi connectivity index (χ0) is 17.1. The van der Waals surface area contributed by atoms with Crippen molar-refractivity contribution >= 4 is 29.0 Å². The number of esters is 1. The van der Waals surface area contributed by atoms with Gasteiger partial charge in [0.2, 0.25) is 0 Å². The molecule has 0 amide bonds. The first kappa shape index (κ1) is 16.4. The molecule has 9 nitrogen and oxygen atoms in total. The Morgan fingerprint density at radius 2 is 2.22 bits per heavy atom. The topological polar surface area (TPSA) is 122 Å². The number of carboxylic acids is 1. The van der Waals surface area contributed by atoms with Gasteiger partial charge in [-0.2, -0.15) is 5.10 Å². The van der Waals surface area contributed by atoms with Gasteiger partial charge in [0, 0.05) is 18.6 Å². The van der Waals surface area contributed by atoms with Crippen molar-refractivity contribution in [2.75, 3.05) is 11.6 Å². The van der Waals surface area contributed by atoms with Crippen LogP contribution in [0, 0.1) is 17.0 Å². The van der Waals surface area contributed by atoms with Crippen LogP contribution in [0.1, 0.15) is 18.9 Å². The second-order valence-corrected chi connectivity index (χ2v) is 4.90. The lowest BCUT2D eigenvalue weighted by molar-refractivity contribution is -0.384. The fraction of sp³-hybridized carbons (Fsp3) is 0.357. The number of rotatable bonds is 5. The third-order valence-electron chi connectivity index (χ3n) is 3.36. The molecule has 1 aliphatic rings. The second-order valence-electron chi connectivity index (χ2n) is 4.90. The molecule has 0 spiro atoms. The lowest BCUT2D eigenvalue weighted by Crippen LogP contribution is -2.34. The predicted octanol–water partition coefficient (Wildman–Crippen LogP) is 1.49. The average molecular weight is 321 g/mol. The van der Waals surface area contributed by atoms with Crippen molar-refractivity contribution in [3.8, 4) is 0 Å². The summed E-state index contributed by atoms with van der Waals surface area (Å²) in [5, 5.41) is 25.4. The number of carbonyl (C=O) groups excluding carboxylic acids is 1. The largest absolute Gasteiger partial charge is 0.480 e. The fourth-order valence-corrected chi connectivity index (χ4v) is 2.22. The van der Waals surface area contributed by atoms with Crippen molar-refractivity contribution in [1.29, 1.82) is 0 Å². The second kappa shape index (κ2) is 6.42. The number of aryl methyl sites for hydroxylation is 1. The van der Waals surface area contributed by atoms with E-state index in [1.165, 1.54) is 18.2 Å². The summed E-state index contributed by atoms with van der Waals surface area (Å²) in [4.78, 5) is 33.5. The fourth-order valence-electron chi connectivity index (χ4n) is 2.22. The SMILES string of the molecule is CCOC(=O)C1=NN(c2cc([N+](=O)[O-])ccc2C)C(C(=O)O)C1. The minimum absolute atomic E-state index is 0.0230. The molecule has 0 fully saturated rings. The van der Waals surface area contributed by atoms with E-state index in [1.54, 1.807) is 13.8 Å². The molecule has 9 heteroatoms. The summed E-state index contributed by atoms with van der Waals surface area (Å²) < 4.78 is 4.83. The maximum Gasteiger partial charge on any atom is 0.354 e. The summed E-state index contributed by atoms with van der Waals surface area (Å²) in [7, 11) is 0. The van der Waals surface area contributed by atoms with Crippen LogP contribution in [-0.2, 0) is 14.3 Å².